The zero-order valence-corrected chi connectivity index (χ0v) is 13.2. The van der Waals surface area contributed by atoms with Crippen LogP contribution in [0.3, 0.4) is 0 Å². The van der Waals surface area contributed by atoms with Gasteiger partial charge in [-0.15, -0.1) is 12.4 Å². The third-order valence-electron chi connectivity index (χ3n) is 3.12. The second-order valence-corrected chi connectivity index (χ2v) is 5.56. The molecule has 3 N–H and O–H groups in total. The monoisotopic (exact) mass is 365 g/mol. The number of aliphatic hydroxyl groups is 1. The van der Waals surface area contributed by atoms with Crippen molar-refractivity contribution >= 4 is 12.4 Å². The molecule has 2 atom stereocenters. The van der Waals surface area contributed by atoms with Crippen LogP contribution in [0.25, 0.3) is 0 Å². The summed E-state index contributed by atoms with van der Waals surface area (Å²) in [6, 6.07) is -0.205. The Kier molecular flexibility index (Phi) is 7.39. The van der Waals surface area contributed by atoms with Crippen molar-refractivity contribution in [2.24, 2.45) is 11.7 Å². The van der Waals surface area contributed by atoms with Crippen LogP contribution in [0.5, 0.6) is 0 Å². The standard InChI is InChI=1S/C14H17F6NO.ClH/c1-7(2)3-11(22)12(21)8-4-9(13(15,16)17)6-10(5-8)14(18,19)20;/h4-7,11-12,22H,3,21H2,1-2H3;1H/t11-,12+;/m1./s1. The highest BCUT2D eigenvalue weighted by Crippen LogP contribution is 2.37. The predicted octanol–water partition coefficient (Wildman–Crippen LogP) is 4.55. The fraction of sp³-hybridized carbons (Fsp3) is 0.571. The number of alkyl halides is 6. The molecule has 0 aliphatic rings. The molecule has 0 spiro atoms. The molecule has 0 amide bonds. The molecule has 23 heavy (non-hydrogen) atoms. The van der Waals surface area contributed by atoms with Crippen molar-refractivity contribution in [2.75, 3.05) is 0 Å². The van der Waals surface area contributed by atoms with Gasteiger partial charge in [0, 0.05) is 0 Å². The van der Waals surface area contributed by atoms with Crippen molar-refractivity contribution in [3.05, 3.63) is 34.9 Å². The second kappa shape index (κ2) is 7.72. The predicted molar refractivity (Wildman–Crippen MR) is 76.1 cm³/mol. The van der Waals surface area contributed by atoms with Gasteiger partial charge >= 0.3 is 12.4 Å². The second-order valence-electron chi connectivity index (χ2n) is 5.56. The molecule has 9 heteroatoms. The van der Waals surface area contributed by atoms with Crippen molar-refractivity contribution in [1.82, 2.24) is 0 Å². The van der Waals surface area contributed by atoms with Crippen LogP contribution >= 0.6 is 12.4 Å². The summed E-state index contributed by atoms with van der Waals surface area (Å²) in [5.41, 5.74) is 2.35. The Bertz CT molecular complexity index is 483. The summed E-state index contributed by atoms with van der Waals surface area (Å²) in [4.78, 5) is 0. The van der Waals surface area contributed by atoms with Crippen LogP contribution in [0.1, 0.15) is 43.0 Å². The summed E-state index contributed by atoms with van der Waals surface area (Å²) in [5, 5.41) is 9.84. The molecule has 2 nitrogen and oxygen atoms in total. The van der Waals surface area contributed by atoms with E-state index < -0.39 is 41.2 Å². The zero-order valence-electron chi connectivity index (χ0n) is 12.4. The van der Waals surface area contributed by atoms with Gasteiger partial charge in [0.2, 0.25) is 0 Å². The van der Waals surface area contributed by atoms with Gasteiger partial charge in [0.25, 0.3) is 0 Å². The first kappa shape index (κ1) is 22.0. The average molecular weight is 366 g/mol. The number of hydrogen-bond donors (Lipinski definition) is 2. The summed E-state index contributed by atoms with van der Waals surface area (Å²) in [6.07, 6.45) is -10.9. The molecule has 134 valence electrons. The van der Waals surface area contributed by atoms with E-state index in [1.54, 1.807) is 13.8 Å². The van der Waals surface area contributed by atoms with E-state index in [1.165, 1.54) is 0 Å². The van der Waals surface area contributed by atoms with Crippen molar-refractivity contribution in [3.8, 4) is 0 Å². The van der Waals surface area contributed by atoms with Gasteiger partial charge in [-0.25, -0.2) is 0 Å². The Morgan fingerprint density at radius 3 is 1.65 bits per heavy atom. The summed E-state index contributed by atoms with van der Waals surface area (Å²) in [5.74, 6) is -0.00562. The van der Waals surface area contributed by atoms with Gasteiger partial charge in [-0.05, 0) is 36.1 Å². The number of benzene rings is 1. The highest BCUT2D eigenvalue weighted by Gasteiger charge is 2.37. The number of hydrogen-bond acceptors (Lipinski definition) is 2. The highest BCUT2D eigenvalue weighted by atomic mass is 35.5. The van der Waals surface area contributed by atoms with E-state index in [-0.39, 0.29) is 30.8 Å². The smallest absolute Gasteiger partial charge is 0.391 e. The molecule has 0 radical (unpaired) electrons. The molecule has 0 unspecified atom stereocenters. The Balaban J connectivity index is 0.00000484. The quantitative estimate of drug-likeness (QED) is 0.769. The maximum Gasteiger partial charge on any atom is 0.416 e. The van der Waals surface area contributed by atoms with E-state index in [1.807, 2.05) is 0 Å². The van der Waals surface area contributed by atoms with Crippen LogP contribution in [-0.4, -0.2) is 11.2 Å². The van der Waals surface area contributed by atoms with Gasteiger partial charge in [-0.2, -0.15) is 26.3 Å². The molecule has 0 saturated carbocycles. The molecule has 0 saturated heterocycles. The number of aliphatic hydroxyl groups excluding tert-OH is 1. The summed E-state index contributed by atoms with van der Waals surface area (Å²) < 4.78 is 76.4. The van der Waals surface area contributed by atoms with Gasteiger partial charge in [0.05, 0.1) is 23.3 Å². The minimum absolute atomic E-state index is 0. The lowest BCUT2D eigenvalue weighted by Crippen LogP contribution is -2.28. The molecular formula is C14H18ClF6NO. The average Bonchev–Trinajstić information content (AvgIpc) is 2.34. The van der Waals surface area contributed by atoms with E-state index in [9.17, 15) is 31.4 Å². The lowest BCUT2D eigenvalue weighted by atomic mass is 9.93. The van der Waals surface area contributed by atoms with Crippen LogP contribution in [-0.2, 0) is 12.4 Å². The van der Waals surface area contributed by atoms with Crippen LogP contribution in [0.2, 0.25) is 0 Å². The largest absolute Gasteiger partial charge is 0.416 e. The molecule has 1 rings (SSSR count). The maximum atomic E-state index is 12.7. The van der Waals surface area contributed by atoms with E-state index in [0.29, 0.717) is 12.1 Å². The Morgan fingerprint density at radius 1 is 0.957 bits per heavy atom. The van der Waals surface area contributed by atoms with E-state index >= 15 is 0 Å². The van der Waals surface area contributed by atoms with Gasteiger partial charge in [0.1, 0.15) is 0 Å². The SMILES string of the molecule is CC(C)C[C@@H](O)[C@@H](N)c1cc(C(F)(F)F)cc(C(F)(F)F)c1.Cl. The van der Waals surface area contributed by atoms with Crippen LogP contribution < -0.4 is 5.73 Å². The molecule has 0 aromatic heterocycles. The Morgan fingerprint density at radius 2 is 1.35 bits per heavy atom. The number of rotatable bonds is 4. The molecular weight excluding hydrogens is 348 g/mol. The van der Waals surface area contributed by atoms with Gasteiger partial charge in [0.15, 0.2) is 0 Å². The van der Waals surface area contributed by atoms with Crippen molar-refractivity contribution in [2.45, 2.75) is 44.8 Å². The van der Waals surface area contributed by atoms with Crippen molar-refractivity contribution in [3.63, 3.8) is 0 Å². The molecule has 0 fully saturated rings. The maximum absolute atomic E-state index is 12.7. The first-order valence-corrected chi connectivity index (χ1v) is 6.55. The topological polar surface area (TPSA) is 46.2 Å². The lowest BCUT2D eigenvalue weighted by Gasteiger charge is -2.23. The van der Waals surface area contributed by atoms with Crippen molar-refractivity contribution in [1.29, 1.82) is 0 Å². The number of halogens is 7. The van der Waals surface area contributed by atoms with Crippen molar-refractivity contribution < 1.29 is 31.4 Å². The van der Waals surface area contributed by atoms with Crippen LogP contribution in [0, 0.1) is 5.92 Å². The Hall–Kier alpha value is -0.990. The fourth-order valence-corrected chi connectivity index (χ4v) is 2.02. The third-order valence-corrected chi connectivity index (χ3v) is 3.12. The van der Waals surface area contributed by atoms with Gasteiger partial charge < -0.3 is 10.8 Å². The van der Waals surface area contributed by atoms with E-state index in [0.717, 1.165) is 0 Å². The van der Waals surface area contributed by atoms with E-state index in [4.69, 9.17) is 5.73 Å². The first-order chi connectivity index (χ1) is 9.82. The lowest BCUT2D eigenvalue weighted by molar-refractivity contribution is -0.143. The molecule has 1 aromatic carbocycles. The molecule has 0 heterocycles. The zero-order chi connectivity index (χ0) is 17.3. The minimum Gasteiger partial charge on any atom is -0.391 e. The minimum atomic E-state index is -4.93. The normalized spacial score (nSPS) is 15.3. The molecule has 0 aliphatic carbocycles. The molecule has 0 aliphatic heterocycles. The summed E-state index contributed by atoms with van der Waals surface area (Å²) in [6.45, 7) is 3.51. The van der Waals surface area contributed by atoms with Crippen LogP contribution in [0.15, 0.2) is 18.2 Å². The molecule has 1 aromatic rings. The fourth-order valence-electron chi connectivity index (χ4n) is 2.02. The third kappa shape index (κ3) is 6.19. The Labute approximate surface area is 136 Å². The summed E-state index contributed by atoms with van der Waals surface area (Å²) >= 11 is 0. The van der Waals surface area contributed by atoms with Gasteiger partial charge in [-0.3, -0.25) is 0 Å². The highest BCUT2D eigenvalue weighted by molar-refractivity contribution is 5.85. The van der Waals surface area contributed by atoms with E-state index in [2.05, 4.69) is 0 Å². The van der Waals surface area contributed by atoms with Crippen LogP contribution in [0.4, 0.5) is 26.3 Å². The van der Waals surface area contributed by atoms with Gasteiger partial charge in [-0.1, -0.05) is 13.8 Å². The molecule has 0 bridgehead atoms. The number of nitrogens with two attached hydrogens (primary N) is 1. The first-order valence-electron chi connectivity index (χ1n) is 6.55. The summed E-state index contributed by atoms with van der Waals surface area (Å²) in [7, 11) is 0.